The van der Waals surface area contributed by atoms with E-state index in [0.29, 0.717) is 36.7 Å². The summed E-state index contributed by atoms with van der Waals surface area (Å²) < 4.78 is 31.9. The van der Waals surface area contributed by atoms with Gasteiger partial charge in [-0.2, -0.15) is 4.31 Å². The Kier molecular flexibility index (Phi) is 6.22. The number of hydrogen-bond acceptors (Lipinski definition) is 6. The molecule has 2 aliphatic heterocycles. The van der Waals surface area contributed by atoms with Crippen molar-refractivity contribution < 1.29 is 17.7 Å². The lowest BCUT2D eigenvalue weighted by molar-refractivity contribution is 0.0434. The molecule has 0 spiro atoms. The number of nitrogens with zero attached hydrogens (tertiary/aromatic N) is 4. The van der Waals surface area contributed by atoms with Gasteiger partial charge in [0.25, 0.3) is 5.91 Å². The van der Waals surface area contributed by atoms with Crippen molar-refractivity contribution in [3.8, 4) is 0 Å². The standard InChI is InChI=1S/C18H30N4O4S/c1-4-27(24,25)22(11-10-20-8-6-5-7-9-20)16-12-21(13-16)18(23)17-14(2)19-26-15(17)3/h16H,4-13H2,1-3H3. The maximum Gasteiger partial charge on any atom is 0.259 e. The van der Waals surface area contributed by atoms with E-state index in [4.69, 9.17) is 4.52 Å². The molecule has 2 aliphatic rings. The second-order valence-corrected chi connectivity index (χ2v) is 9.69. The second-order valence-electron chi connectivity index (χ2n) is 7.48. The highest BCUT2D eigenvalue weighted by Crippen LogP contribution is 2.24. The van der Waals surface area contributed by atoms with Crippen LogP contribution >= 0.6 is 0 Å². The van der Waals surface area contributed by atoms with E-state index in [1.807, 2.05) is 0 Å². The SMILES string of the molecule is CCS(=O)(=O)N(CCN1CCCCC1)C1CN(C(=O)c2c(C)noc2C)C1. The number of hydrogen-bond donors (Lipinski definition) is 0. The second kappa shape index (κ2) is 8.28. The fourth-order valence-corrected chi connectivity index (χ4v) is 5.17. The average molecular weight is 399 g/mol. The number of carbonyl (C=O) groups excluding carboxylic acids is 1. The van der Waals surface area contributed by atoms with Crippen LogP contribution in [0.25, 0.3) is 0 Å². The van der Waals surface area contributed by atoms with Gasteiger partial charge in [0.2, 0.25) is 10.0 Å². The Balaban J connectivity index is 1.62. The van der Waals surface area contributed by atoms with Gasteiger partial charge in [-0.1, -0.05) is 11.6 Å². The molecule has 0 atom stereocenters. The number of piperidine rings is 1. The van der Waals surface area contributed by atoms with Gasteiger partial charge in [-0.05, 0) is 46.7 Å². The monoisotopic (exact) mass is 398 g/mol. The van der Waals surface area contributed by atoms with Gasteiger partial charge in [0.05, 0.1) is 17.5 Å². The van der Waals surface area contributed by atoms with Crippen LogP contribution in [-0.4, -0.2) is 84.6 Å². The van der Waals surface area contributed by atoms with Gasteiger partial charge in [0, 0.05) is 26.2 Å². The zero-order valence-corrected chi connectivity index (χ0v) is 17.3. The third-order valence-electron chi connectivity index (χ3n) is 5.61. The fourth-order valence-electron chi connectivity index (χ4n) is 3.89. The maximum absolute atomic E-state index is 12.7. The quantitative estimate of drug-likeness (QED) is 0.687. The van der Waals surface area contributed by atoms with E-state index < -0.39 is 10.0 Å². The van der Waals surface area contributed by atoms with E-state index in [0.717, 1.165) is 19.6 Å². The average Bonchev–Trinajstić information content (AvgIpc) is 2.95. The van der Waals surface area contributed by atoms with Crippen molar-refractivity contribution >= 4 is 15.9 Å². The van der Waals surface area contributed by atoms with Gasteiger partial charge in [-0.3, -0.25) is 4.79 Å². The summed E-state index contributed by atoms with van der Waals surface area (Å²) in [5, 5.41) is 3.83. The van der Waals surface area contributed by atoms with Crippen LogP contribution in [0.15, 0.2) is 4.52 Å². The maximum atomic E-state index is 12.7. The third-order valence-corrected chi connectivity index (χ3v) is 7.54. The first-order chi connectivity index (χ1) is 12.8. The first-order valence-electron chi connectivity index (χ1n) is 9.77. The summed E-state index contributed by atoms with van der Waals surface area (Å²) in [5.74, 6) is 0.456. The summed E-state index contributed by atoms with van der Waals surface area (Å²) in [4.78, 5) is 16.7. The Morgan fingerprint density at radius 1 is 1.22 bits per heavy atom. The molecular formula is C18H30N4O4S. The van der Waals surface area contributed by atoms with Crippen LogP contribution < -0.4 is 0 Å². The van der Waals surface area contributed by atoms with Crippen LogP contribution in [0.2, 0.25) is 0 Å². The lowest BCUT2D eigenvalue weighted by atomic mass is 10.1. The van der Waals surface area contributed by atoms with E-state index in [9.17, 15) is 13.2 Å². The van der Waals surface area contributed by atoms with Crippen LogP contribution in [0.4, 0.5) is 0 Å². The Bertz CT molecular complexity index is 745. The number of likely N-dealkylation sites (tertiary alicyclic amines) is 2. The number of sulfonamides is 1. The highest BCUT2D eigenvalue weighted by atomic mass is 32.2. The molecule has 1 amide bonds. The van der Waals surface area contributed by atoms with E-state index in [1.54, 1.807) is 30.0 Å². The Hall–Kier alpha value is -1.45. The van der Waals surface area contributed by atoms with Crippen molar-refractivity contribution in [3.63, 3.8) is 0 Å². The normalized spacial score (nSPS) is 19.5. The summed E-state index contributed by atoms with van der Waals surface area (Å²) >= 11 is 0. The summed E-state index contributed by atoms with van der Waals surface area (Å²) in [6.07, 6.45) is 3.63. The molecule has 0 unspecified atom stereocenters. The number of rotatable bonds is 7. The number of carbonyl (C=O) groups is 1. The molecule has 0 aromatic carbocycles. The molecule has 3 rings (SSSR count). The molecule has 8 nitrogen and oxygen atoms in total. The summed E-state index contributed by atoms with van der Waals surface area (Å²) in [5.41, 5.74) is 1.07. The van der Waals surface area contributed by atoms with E-state index in [2.05, 4.69) is 10.1 Å². The molecule has 1 aromatic rings. The molecular weight excluding hydrogens is 368 g/mol. The molecule has 0 aliphatic carbocycles. The number of aromatic nitrogens is 1. The first kappa shape index (κ1) is 20.3. The molecule has 3 heterocycles. The summed E-state index contributed by atoms with van der Waals surface area (Å²) in [6.45, 7) is 9.31. The predicted octanol–water partition coefficient (Wildman–Crippen LogP) is 1.25. The third kappa shape index (κ3) is 4.35. The highest BCUT2D eigenvalue weighted by molar-refractivity contribution is 7.89. The minimum absolute atomic E-state index is 0.0846. The molecule has 152 valence electrons. The topological polar surface area (TPSA) is 87.0 Å². The summed E-state index contributed by atoms with van der Waals surface area (Å²) in [6, 6.07) is -0.149. The first-order valence-corrected chi connectivity index (χ1v) is 11.4. The Labute approximate surface area is 161 Å². The lowest BCUT2D eigenvalue weighted by Gasteiger charge is -2.45. The van der Waals surface area contributed by atoms with Gasteiger partial charge < -0.3 is 14.3 Å². The molecule has 9 heteroatoms. The lowest BCUT2D eigenvalue weighted by Crippen LogP contribution is -2.63. The van der Waals surface area contributed by atoms with Crippen LogP contribution in [0.3, 0.4) is 0 Å². The van der Waals surface area contributed by atoms with E-state index >= 15 is 0 Å². The number of amides is 1. The van der Waals surface area contributed by atoms with Crippen molar-refractivity contribution in [1.82, 2.24) is 19.3 Å². The minimum Gasteiger partial charge on any atom is -0.361 e. The largest absolute Gasteiger partial charge is 0.361 e. The zero-order valence-electron chi connectivity index (χ0n) is 16.5. The van der Waals surface area contributed by atoms with Gasteiger partial charge >= 0.3 is 0 Å². The predicted molar refractivity (Wildman–Crippen MR) is 102 cm³/mol. The molecule has 2 saturated heterocycles. The molecule has 27 heavy (non-hydrogen) atoms. The molecule has 0 N–H and O–H groups in total. The molecule has 0 radical (unpaired) electrons. The van der Waals surface area contributed by atoms with Gasteiger partial charge in [-0.25, -0.2) is 8.42 Å². The zero-order chi connectivity index (χ0) is 19.6. The van der Waals surface area contributed by atoms with Crippen molar-refractivity contribution in [2.24, 2.45) is 0 Å². The Morgan fingerprint density at radius 3 is 2.44 bits per heavy atom. The fraction of sp³-hybridized carbons (Fsp3) is 0.778. The van der Waals surface area contributed by atoms with Crippen molar-refractivity contribution in [1.29, 1.82) is 0 Å². The van der Waals surface area contributed by atoms with Crippen LogP contribution in [0, 0.1) is 13.8 Å². The number of aryl methyl sites for hydroxylation is 2. The van der Waals surface area contributed by atoms with Crippen LogP contribution in [-0.2, 0) is 10.0 Å². The molecule has 2 fully saturated rings. The van der Waals surface area contributed by atoms with E-state index in [1.165, 1.54) is 19.3 Å². The van der Waals surface area contributed by atoms with E-state index in [-0.39, 0.29) is 17.7 Å². The summed E-state index contributed by atoms with van der Waals surface area (Å²) in [7, 11) is -3.30. The van der Waals surface area contributed by atoms with Crippen molar-refractivity contribution in [2.45, 2.75) is 46.1 Å². The van der Waals surface area contributed by atoms with Crippen LogP contribution in [0.1, 0.15) is 48.0 Å². The van der Waals surface area contributed by atoms with Crippen LogP contribution in [0.5, 0.6) is 0 Å². The Morgan fingerprint density at radius 2 is 1.89 bits per heavy atom. The van der Waals surface area contributed by atoms with Crippen molar-refractivity contribution in [3.05, 3.63) is 17.0 Å². The molecule has 0 bridgehead atoms. The molecule has 0 saturated carbocycles. The molecule has 1 aromatic heterocycles. The van der Waals surface area contributed by atoms with Gasteiger partial charge in [-0.15, -0.1) is 0 Å². The van der Waals surface area contributed by atoms with Gasteiger partial charge in [0.15, 0.2) is 0 Å². The smallest absolute Gasteiger partial charge is 0.259 e. The van der Waals surface area contributed by atoms with Crippen molar-refractivity contribution in [2.75, 3.05) is 45.0 Å². The minimum atomic E-state index is -3.30. The van der Waals surface area contributed by atoms with Gasteiger partial charge in [0.1, 0.15) is 11.3 Å². The highest BCUT2D eigenvalue weighted by Gasteiger charge is 2.41.